The van der Waals surface area contributed by atoms with Crippen molar-refractivity contribution in [3.05, 3.63) is 79.1 Å². The van der Waals surface area contributed by atoms with Gasteiger partial charge in [-0.3, -0.25) is 9.59 Å². The number of carbonyl (C=O) groups excluding carboxylic acids is 2. The van der Waals surface area contributed by atoms with Gasteiger partial charge in [-0.2, -0.15) is 0 Å². The Morgan fingerprint density at radius 1 is 0.519 bits per heavy atom. The Morgan fingerprint density at radius 2 is 0.870 bits per heavy atom. The van der Waals surface area contributed by atoms with E-state index in [2.05, 4.69) is 71.2 Å². The second-order valence-electron chi connectivity index (χ2n) is 16.3. The quantitative estimate of drug-likeness (QED) is 0.390. The van der Waals surface area contributed by atoms with Crippen LogP contribution in [0.1, 0.15) is 114 Å². The van der Waals surface area contributed by atoms with Crippen molar-refractivity contribution in [1.29, 1.82) is 0 Å². The number of aliphatic hydroxyl groups is 1. The number of aliphatic hydroxyl groups excluding tert-OH is 1. The van der Waals surface area contributed by atoms with Gasteiger partial charge in [0.1, 0.15) is 5.76 Å². The van der Waals surface area contributed by atoms with Crippen molar-refractivity contribution >= 4 is 23.0 Å². The van der Waals surface area contributed by atoms with E-state index in [0.29, 0.717) is 57.7 Å². The van der Waals surface area contributed by atoms with Crippen LogP contribution in [0.25, 0.3) is 11.1 Å². The average Bonchev–Trinajstić information content (AvgIpc) is 3.87. The molecule has 11 heteroatoms. The summed E-state index contributed by atoms with van der Waals surface area (Å²) in [6.07, 6.45) is 6.01. The number of carbonyl (C=O) groups is 2. The molecule has 4 N–H and O–H groups in total. The molecule has 8 rings (SSSR count). The summed E-state index contributed by atoms with van der Waals surface area (Å²) in [5.41, 5.74) is 13.0. The first-order chi connectivity index (χ1) is 24.6. The van der Waals surface area contributed by atoms with E-state index < -0.39 is 17.1 Å². The van der Waals surface area contributed by atoms with Gasteiger partial charge in [0.05, 0.1) is 43.1 Å². The van der Waals surface area contributed by atoms with E-state index >= 15 is 0 Å². The van der Waals surface area contributed by atoms with Gasteiger partial charge in [0, 0.05) is 31.3 Å². The van der Waals surface area contributed by atoms with Crippen molar-refractivity contribution in [2.75, 3.05) is 26.4 Å². The minimum atomic E-state index is -0.690. The van der Waals surface area contributed by atoms with Crippen LogP contribution in [0.4, 0.5) is 0 Å². The van der Waals surface area contributed by atoms with E-state index in [4.69, 9.17) is 18.9 Å². The van der Waals surface area contributed by atoms with Crippen LogP contribution in [-0.4, -0.2) is 71.5 Å². The van der Waals surface area contributed by atoms with Crippen molar-refractivity contribution in [3.8, 4) is 0 Å². The predicted octanol–water partition coefficient (Wildman–Crippen LogP) is 4.08. The van der Waals surface area contributed by atoms with Crippen LogP contribution in [0.3, 0.4) is 0 Å². The molecule has 2 aromatic rings. The van der Waals surface area contributed by atoms with Gasteiger partial charge >= 0.3 is 29.6 Å². The van der Waals surface area contributed by atoms with Crippen LogP contribution >= 0.6 is 0 Å². The van der Waals surface area contributed by atoms with Crippen LogP contribution in [0.2, 0.25) is 0 Å². The topological polar surface area (TPSA) is 145 Å². The van der Waals surface area contributed by atoms with Crippen LogP contribution in [0.15, 0.2) is 23.5 Å². The molecule has 4 spiro atoms. The Kier molecular flexibility index (Phi) is 12.2. The van der Waals surface area contributed by atoms with Gasteiger partial charge in [-0.15, -0.1) is 0 Å². The molecule has 0 bridgehead atoms. The fourth-order valence-electron chi connectivity index (χ4n) is 9.89. The summed E-state index contributed by atoms with van der Waals surface area (Å²) in [5, 5.41) is 17.6. The van der Waals surface area contributed by atoms with E-state index in [-0.39, 0.29) is 58.1 Å². The maximum Gasteiger partial charge on any atom is 1.00 e. The molecule has 6 aliphatic rings. The Bertz CT molecular complexity index is 1760. The maximum absolute atomic E-state index is 13.0. The number of nitrogens with one attached hydrogen (secondary N) is 2. The molecular formula is C43H57N2NaO8. The third-order valence-corrected chi connectivity index (χ3v) is 13.5. The molecular weight excluding hydrogens is 695 g/mol. The largest absolute Gasteiger partial charge is 1.00 e. The maximum atomic E-state index is 13.0. The first-order valence-electron chi connectivity index (χ1n) is 19.1. The molecule has 54 heavy (non-hydrogen) atoms. The van der Waals surface area contributed by atoms with E-state index in [1.165, 1.54) is 33.4 Å². The predicted molar refractivity (Wildman–Crippen MR) is 203 cm³/mol. The Hall–Kier alpha value is -2.54. The normalized spacial score (nSPS) is 23.1. The second-order valence-corrected chi connectivity index (χ2v) is 16.3. The van der Waals surface area contributed by atoms with Crippen molar-refractivity contribution < 1.29 is 68.7 Å². The van der Waals surface area contributed by atoms with Crippen molar-refractivity contribution in [2.24, 2.45) is 0 Å². The summed E-state index contributed by atoms with van der Waals surface area (Å²) in [6.45, 7) is 21.4. The molecule has 10 nitrogen and oxygen atoms in total. The Balaban J connectivity index is 0.000000200. The summed E-state index contributed by atoms with van der Waals surface area (Å²) in [7, 11) is 0. The first kappa shape index (κ1) is 42.6. The number of hydrogen-bond donors (Lipinski definition) is 3. The molecule has 4 aliphatic heterocycles. The van der Waals surface area contributed by atoms with Gasteiger partial charge in [-0.05, 0) is 149 Å². The first-order valence-corrected chi connectivity index (χ1v) is 19.1. The smallest absolute Gasteiger partial charge is 0.870 e. The molecule has 4 heterocycles. The van der Waals surface area contributed by atoms with Gasteiger partial charge in [0.2, 0.25) is 0 Å². The molecule has 0 aromatic heterocycles. The van der Waals surface area contributed by atoms with Crippen LogP contribution in [0, 0.1) is 55.4 Å². The van der Waals surface area contributed by atoms with Gasteiger partial charge in [0.25, 0.3) is 11.8 Å². The van der Waals surface area contributed by atoms with Crippen LogP contribution in [0.5, 0.6) is 0 Å². The SMILES string of the molecule is CC1=C(c2c(C)cc(C)c(C)c2C)C(=O)NC12CCC1(CC2)OCCO1.Cc1cc(C)c(C2=C(O)C3(CCC4(CC3)OCCO4)NC2=O)c(C)c1C.[Na+].[OH-]. The Labute approximate surface area is 342 Å². The van der Waals surface area contributed by atoms with Crippen LogP contribution in [-0.2, 0) is 28.5 Å². The number of hydrogen-bond acceptors (Lipinski definition) is 8. The minimum absolute atomic E-state index is 0. The van der Waals surface area contributed by atoms with Crippen molar-refractivity contribution in [3.63, 3.8) is 0 Å². The van der Waals surface area contributed by atoms with Crippen molar-refractivity contribution in [2.45, 2.75) is 136 Å². The molecule has 0 atom stereocenters. The number of rotatable bonds is 2. The van der Waals surface area contributed by atoms with E-state index in [0.717, 1.165) is 59.1 Å². The number of aryl methyl sites for hydroxylation is 4. The van der Waals surface area contributed by atoms with Crippen molar-refractivity contribution in [1.82, 2.24) is 10.6 Å². The van der Waals surface area contributed by atoms with Gasteiger partial charge < -0.3 is 40.2 Å². The van der Waals surface area contributed by atoms with Gasteiger partial charge in [0.15, 0.2) is 11.6 Å². The van der Waals surface area contributed by atoms with Gasteiger partial charge in [-0.1, -0.05) is 12.1 Å². The summed E-state index contributed by atoms with van der Waals surface area (Å²) in [4.78, 5) is 25.9. The molecule has 0 radical (unpaired) electrons. The molecule has 288 valence electrons. The Morgan fingerprint density at radius 3 is 1.30 bits per heavy atom. The average molecular weight is 753 g/mol. The number of benzene rings is 2. The second kappa shape index (κ2) is 15.4. The molecule has 2 saturated carbocycles. The minimum Gasteiger partial charge on any atom is -0.870 e. The van der Waals surface area contributed by atoms with E-state index in [1.54, 1.807) is 0 Å². The summed E-state index contributed by atoms with van der Waals surface area (Å²) >= 11 is 0. The zero-order valence-corrected chi connectivity index (χ0v) is 36.0. The molecule has 2 aromatic carbocycles. The third-order valence-electron chi connectivity index (χ3n) is 13.5. The van der Waals surface area contributed by atoms with Crippen LogP contribution < -0.4 is 40.2 Å². The third kappa shape index (κ3) is 6.93. The molecule has 2 amide bonds. The molecule has 2 saturated heterocycles. The standard InChI is InChI=1S/C22H29NO3.C21H27NO4.Na.H2O/c1-13-12-14(2)18(16(4)15(13)3)19-17(5)21(23-20(19)24)6-8-22(9-7-21)25-10-11-26-22;1-12-11-13(2)16(15(4)14(12)3)17-18(23)20(22-19(17)24)5-7-21(8-6-20)25-9-10-26-21;;/h12H,6-11H2,1-5H3,(H,23,24);11,23H,5-10H2,1-4H3,(H,22,24);;1H2/q;;+1;/p-1. The fourth-order valence-corrected chi connectivity index (χ4v) is 9.89. The zero-order valence-electron chi connectivity index (χ0n) is 34.0. The summed E-state index contributed by atoms with van der Waals surface area (Å²) < 4.78 is 23.3. The number of amides is 2. The molecule has 2 aliphatic carbocycles. The zero-order chi connectivity index (χ0) is 37.4. The van der Waals surface area contributed by atoms with Gasteiger partial charge in [-0.25, -0.2) is 0 Å². The monoisotopic (exact) mass is 752 g/mol. The summed E-state index contributed by atoms with van der Waals surface area (Å²) in [6, 6.07) is 4.29. The molecule has 0 unspecified atom stereocenters. The number of ether oxygens (including phenoxy) is 4. The van der Waals surface area contributed by atoms with E-state index in [9.17, 15) is 14.7 Å². The molecule has 4 fully saturated rings. The fraction of sp³-hybridized carbons (Fsp3) is 0.581. The van der Waals surface area contributed by atoms with E-state index in [1.807, 2.05) is 13.8 Å². The summed E-state index contributed by atoms with van der Waals surface area (Å²) in [5.74, 6) is -0.858.